The number of carboxylic acids is 2. The zero-order chi connectivity index (χ0) is 13.1. The molecule has 0 radical (unpaired) electrons. The Hall–Kier alpha value is 0.263. The number of rotatable bonds is 6. The van der Waals surface area contributed by atoms with Gasteiger partial charge in [-0.1, -0.05) is 13.8 Å². The third kappa shape index (κ3) is 16.3. The smallest absolute Gasteiger partial charge is 0.549 e. The summed E-state index contributed by atoms with van der Waals surface area (Å²) in [4.78, 5) is 19.9. The molecule has 7 heteroatoms. The molecule has 2 atom stereocenters. The van der Waals surface area contributed by atoms with Crippen LogP contribution in [0.25, 0.3) is 0 Å². The minimum Gasteiger partial charge on any atom is -0.549 e. The topological polar surface area (TPSA) is 80.3 Å². The Morgan fingerprint density at radius 1 is 0.941 bits per heavy atom. The monoisotopic (exact) mass is 330 g/mol. The van der Waals surface area contributed by atoms with Crippen molar-refractivity contribution in [2.24, 2.45) is 0 Å². The third-order valence-corrected chi connectivity index (χ3v) is 3.55. The Kier molecular flexibility index (Phi) is 18.9. The van der Waals surface area contributed by atoms with Gasteiger partial charge < -0.3 is 19.8 Å². The molecule has 0 fully saturated rings. The molecule has 0 aromatic heterocycles. The van der Waals surface area contributed by atoms with Crippen molar-refractivity contribution in [3.05, 3.63) is 0 Å². The molecule has 0 spiro atoms. The fraction of sp³-hybridized carbons (Fsp3) is 0.800. The molecule has 0 aliphatic rings. The first-order chi connectivity index (χ1) is 7.36. The average molecular weight is 332 g/mol. The SMILES string of the molecule is CCSC(C)C(=O)[O-].CCSC(C)C(=O)[O-].[Zn+2]. The maximum atomic E-state index is 9.96. The Morgan fingerprint density at radius 2 is 1.18 bits per heavy atom. The van der Waals surface area contributed by atoms with Crippen LogP contribution in [0, 0.1) is 0 Å². The van der Waals surface area contributed by atoms with E-state index in [0.717, 1.165) is 11.5 Å². The van der Waals surface area contributed by atoms with Crippen LogP contribution in [-0.4, -0.2) is 33.9 Å². The molecule has 0 rings (SSSR count). The maximum absolute atomic E-state index is 9.96. The van der Waals surface area contributed by atoms with Gasteiger partial charge in [0.25, 0.3) is 0 Å². The van der Waals surface area contributed by atoms with Crippen LogP contribution in [0.1, 0.15) is 27.7 Å². The Balaban J connectivity index is -0.000000218. The number of thioether (sulfide) groups is 2. The molecule has 2 unspecified atom stereocenters. The molecule has 17 heavy (non-hydrogen) atoms. The molecule has 0 saturated heterocycles. The van der Waals surface area contributed by atoms with E-state index in [1.54, 1.807) is 13.8 Å². The second kappa shape index (κ2) is 14.3. The van der Waals surface area contributed by atoms with Crippen LogP contribution >= 0.6 is 23.5 Å². The zero-order valence-corrected chi connectivity index (χ0v) is 15.3. The summed E-state index contributed by atoms with van der Waals surface area (Å²) in [7, 11) is 0. The van der Waals surface area contributed by atoms with Crippen LogP contribution in [0.2, 0.25) is 0 Å². The molecule has 0 aliphatic carbocycles. The van der Waals surface area contributed by atoms with Gasteiger partial charge in [-0.25, -0.2) is 0 Å². The zero-order valence-electron chi connectivity index (χ0n) is 10.7. The summed E-state index contributed by atoms with van der Waals surface area (Å²) in [5.74, 6) is -0.293. The first-order valence-corrected chi connectivity index (χ1v) is 7.11. The average Bonchev–Trinajstić information content (AvgIpc) is 2.19. The molecule has 0 aliphatic heterocycles. The number of carbonyl (C=O) groups excluding carboxylic acids is 2. The first kappa shape index (κ1) is 22.4. The number of hydrogen-bond donors (Lipinski definition) is 0. The van der Waals surface area contributed by atoms with Crippen molar-refractivity contribution in [2.75, 3.05) is 11.5 Å². The Bertz CT molecular complexity index is 192. The van der Waals surface area contributed by atoms with Crippen LogP contribution in [-0.2, 0) is 29.1 Å². The number of carbonyl (C=O) groups is 2. The van der Waals surface area contributed by atoms with Gasteiger partial charge in [-0.2, -0.15) is 23.5 Å². The van der Waals surface area contributed by atoms with E-state index in [9.17, 15) is 19.8 Å². The van der Waals surface area contributed by atoms with Crippen LogP contribution in [0.5, 0.6) is 0 Å². The van der Waals surface area contributed by atoms with Crippen molar-refractivity contribution in [2.45, 2.75) is 38.2 Å². The van der Waals surface area contributed by atoms with Crippen LogP contribution < -0.4 is 10.2 Å². The minimum atomic E-state index is -0.975. The molecule has 0 aromatic rings. The summed E-state index contributed by atoms with van der Waals surface area (Å²) in [6, 6.07) is 0. The van der Waals surface area contributed by atoms with E-state index >= 15 is 0 Å². The summed E-state index contributed by atoms with van der Waals surface area (Å²) in [6.45, 7) is 7.10. The van der Waals surface area contributed by atoms with Gasteiger partial charge in [0, 0.05) is 10.5 Å². The normalized spacial score (nSPS) is 12.5. The molecule has 0 saturated carbocycles. The number of carboxylic acid groups (broad SMARTS) is 2. The fourth-order valence-corrected chi connectivity index (χ4v) is 1.91. The van der Waals surface area contributed by atoms with E-state index in [0.29, 0.717) is 0 Å². The summed E-state index contributed by atoms with van der Waals surface area (Å²) in [5, 5.41) is 19.2. The third-order valence-electron chi connectivity index (χ3n) is 1.50. The summed E-state index contributed by atoms with van der Waals surface area (Å²) >= 11 is 2.75. The molecule has 0 amide bonds. The van der Waals surface area contributed by atoms with Gasteiger partial charge in [0.05, 0.1) is 11.9 Å². The van der Waals surface area contributed by atoms with Crippen molar-refractivity contribution < 1.29 is 39.3 Å². The summed E-state index contributed by atoms with van der Waals surface area (Å²) in [5.41, 5.74) is 0. The van der Waals surface area contributed by atoms with E-state index in [4.69, 9.17) is 0 Å². The summed E-state index contributed by atoms with van der Waals surface area (Å²) in [6.07, 6.45) is 0. The second-order valence-corrected chi connectivity index (χ2v) is 6.07. The van der Waals surface area contributed by atoms with E-state index in [2.05, 4.69) is 0 Å². The van der Waals surface area contributed by atoms with Gasteiger partial charge in [0.2, 0.25) is 0 Å². The first-order valence-electron chi connectivity index (χ1n) is 5.01. The molecule has 0 heterocycles. The van der Waals surface area contributed by atoms with Gasteiger partial charge in [0.15, 0.2) is 0 Å². The van der Waals surface area contributed by atoms with Gasteiger partial charge >= 0.3 is 19.5 Å². The Labute approximate surface area is 124 Å². The van der Waals surface area contributed by atoms with Gasteiger partial charge in [-0.3, -0.25) is 0 Å². The fourth-order valence-electron chi connectivity index (χ4n) is 0.636. The molecule has 0 aromatic carbocycles. The van der Waals surface area contributed by atoms with Crippen molar-refractivity contribution in [3.8, 4) is 0 Å². The van der Waals surface area contributed by atoms with Crippen molar-refractivity contribution in [1.29, 1.82) is 0 Å². The standard InChI is InChI=1S/2C5H10O2S.Zn/c2*1-3-8-4(2)5(6)7;/h2*4H,3H2,1-2H3,(H,6,7);/q;;+2/p-2. The molecule has 0 N–H and O–H groups in total. The predicted octanol–water partition coefficient (Wildman–Crippen LogP) is -0.247. The quantitative estimate of drug-likeness (QED) is 0.625. The van der Waals surface area contributed by atoms with Crippen LogP contribution in [0.4, 0.5) is 0 Å². The minimum absolute atomic E-state index is 0. The van der Waals surface area contributed by atoms with E-state index in [1.165, 1.54) is 23.5 Å². The summed E-state index contributed by atoms with van der Waals surface area (Å²) < 4.78 is 0. The largest absolute Gasteiger partial charge is 2.00 e. The van der Waals surface area contributed by atoms with Crippen LogP contribution in [0.15, 0.2) is 0 Å². The number of hydrogen-bond acceptors (Lipinski definition) is 6. The van der Waals surface area contributed by atoms with E-state index in [-0.39, 0.29) is 30.0 Å². The Morgan fingerprint density at radius 3 is 1.24 bits per heavy atom. The molecule has 4 nitrogen and oxygen atoms in total. The number of aliphatic carboxylic acids is 2. The predicted molar refractivity (Wildman–Crippen MR) is 65.2 cm³/mol. The van der Waals surface area contributed by atoms with E-state index in [1.807, 2.05) is 13.8 Å². The van der Waals surface area contributed by atoms with Gasteiger partial charge in [-0.15, -0.1) is 0 Å². The molecular formula is C10H18O4S2Zn. The van der Waals surface area contributed by atoms with Gasteiger partial charge in [-0.05, 0) is 25.4 Å². The van der Waals surface area contributed by atoms with Gasteiger partial charge in [0.1, 0.15) is 0 Å². The van der Waals surface area contributed by atoms with Crippen molar-refractivity contribution in [3.63, 3.8) is 0 Å². The van der Waals surface area contributed by atoms with Crippen molar-refractivity contribution >= 4 is 35.5 Å². The molecule has 0 bridgehead atoms. The van der Waals surface area contributed by atoms with Crippen molar-refractivity contribution in [1.82, 2.24) is 0 Å². The van der Waals surface area contributed by atoms with E-state index < -0.39 is 11.9 Å². The van der Waals surface area contributed by atoms with Crippen LogP contribution in [0.3, 0.4) is 0 Å². The molecule has 96 valence electrons. The maximum Gasteiger partial charge on any atom is 2.00 e. The second-order valence-electron chi connectivity index (χ2n) is 2.83. The molecular weight excluding hydrogens is 314 g/mol.